The van der Waals surface area contributed by atoms with Crippen LogP contribution in [0.3, 0.4) is 0 Å². The summed E-state index contributed by atoms with van der Waals surface area (Å²) in [5.41, 5.74) is 6.57. The van der Waals surface area contributed by atoms with E-state index in [1.807, 2.05) is 0 Å². The SMILES string of the molecule is Nc1cn[nH]c1C(=O)Nc1ccc(Cl)nc1. The van der Waals surface area contributed by atoms with Gasteiger partial charge < -0.3 is 11.1 Å². The normalized spacial score (nSPS) is 10.1. The van der Waals surface area contributed by atoms with Crippen LogP contribution in [0.25, 0.3) is 0 Å². The number of anilines is 2. The van der Waals surface area contributed by atoms with Gasteiger partial charge in [-0.1, -0.05) is 11.6 Å². The van der Waals surface area contributed by atoms with Gasteiger partial charge in [-0.2, -0.15) is 5.10 Å². The van der Waals surface area contributed by atoms with E-state index in [2.05, 4.69) is 20.5 Å². The standard InChI is InChI=1S/C9H8ClN5O/c10-7-2-1-5(3-12-7)14-9(16)8-6(11)4-13-15-8/h1-4H,11H2,(H,13,15)(H,14,16). The van der Waals surface area contributed by atoms with Crippen LogP contribution < -0.4 is 11.1 Å². The summed E-state index contributed by atoms with van der Waals surface area (Å²) in [7, 11) is 0. The Kier molecular flexibility index (Phi) is 2.74. The van der Waals surface area contributed by atoms with Crippen LogP contribution in [0.1, 0.15) is 10.5 Å². The molecule has 2 aromatic heterocycles. The third-order valence-corrected chi connectivity index (χ3v) is 2.10. The van der Waals surface area contributed by atoms with Gasteiger partial charge in [-0.3, -0.25) is 9.89 Å². The van der Waals surface area contributed by atoms with Crippen LogP contribution in [0.15, 0.2) is 24.5 Å². The molecule has 0 atom stereocenters. The van der Waals surface area contributed by atoms with Crippen molar-refractivity contribution in [3.05, 3.63) is 35.4 Å². The zero-order chi connectivity index (χ0) is 11.5. The molecule has 0 bridgehead atoms. The zero-order valence-corrected chi connectivity index (χ0v) is 8.82. The van der Waals surface area contributed by atoms with Gasteiger partial charge in [0, 0.05) is 0 Å². The van der Waals surface area contributed by atoms with E-state index in [4.69, 9.17) is 17.3 Å². The van der Waals surface area contributed by atoms with Crippen LogP contribution in [0.2, 0.25) is 5.15 Å². The second-order valence-corrected chi connectivity index (χ2v) is 3.41. The number of nitrogens with zero attached hydrogens (tertiary/aromatic N) is 2. The van der Waals surface area contributed by atoms with E-state index < -0.39 is 0 Å². The van der Waals surface area contributed by atoms with Crippen molar-refractivity contribution in [2.75, 3.05) is 11.1 Å². The minimum absolute atomic E-state index is 0.218. The fraction of sp³-hybridized carbons (Fsp3) is 0. The van der Waals surface area contributed by atoms with E-state index in [1.165, 1.54) is 12.4 Å². The molecule has 0 fully saturated rings. The van der Waals surface area contributed by atoms with Crippen LogP contribution in [-0.4, -0.2) is 21.1 Å². The fourth-order valence-corrected chi connectivity index (χ4v) is 1.23. The van der Waals surface area contributed by atoms with Gasteiger partial charge in [0.2, 0.25) is 0 Å². The van der Waals surface area contributed by atoms with E-state index in [9.17, 15) is 4.79 Å². The Bertz CT molecular complexity index is 507. The lowest BCUT2D eigenvalue weighted by Gasteiger charge is -2.03. The number of aromatic nitrogens is 3. The number of nitrogen functional groups attached to an aromatic ring is 1. The predicted molar refractivity (Wildman–Crippen MR) is 60.2 cm³/mol. The molecule has 4 N–H and O–H groups in total. The molecule has 1 amide bonds. The number of nitrogens with two attached hydrogens (primary N) is 1. The van der Waals surface area contributed by atoms with Gasteiger partial charge in [-0.25, -0.2) is 4.98 Å². The second-order valence-electron chi connectivity index (χ2n) is 3.02. The summed E-state index contributed by atoms with van der Waals surface area (Å²) in [5.74, 6) is -0.376. The summed E-state index contributed by atoms with van der Waals surface area (Å²) in [6, 6.07) is 3.22. The molecule has 2 heterocycles. The average molecular weight is 238 g/mol. The van der Waals surface area contributed by atoms with E-state index >= 15 is 0 Å². The highest BCUT2D eigenvalue weighted by Gasteiger charge is 2.11. The number of halogens is 1. The lowest BCUT2D eigenvalue weighted by Crippen LogP contribution is -2.14. The maximum absolute atomic E-state index is 11.7. The smallest absolute Gasteiger partial charge is 0.275 e. The lowest BCUT2D eigenvalue weighted by atomic mass is 10.3. The Labute approximate surface area is 95.8 Å². The summed E-state index contributed by atoms with van der Waals surface area (Å²) >= 11 is 5.61. The predicted octanol–water partition coefficient (Wildman–Crippen LogP) is 1.29. The molecule has 0 saturated heterocycles. The number of pyridine rings is 1. The van der Waals surface area contributed by atoms with E-state index in [1.54, 1.807) is 12.1 Å². The van der Waals surface area contributed by atoms with Crippen LogP contribution in [0.4, 0.5) is 11.4 Å². The van der Waals surface area contributed by atoms with Crippen LogP contribution >= 0.6 is 11.6 Å². The molecule has 0 radical (unpaired) electrons. The van der Waals surface area contributed by atoms with Crippen LogP contribution in [0.5, 0.6) is 0 Å². The van der Waals surface area contributed by atoms with E-state index in [0.717, 1.165) is 0 Å². The van der Waals surface area contributed by atoms with Gasteiger partial charge >= 0.3 is 0 Å². The molecule has 0 aliphatic carbocycles. The summed E-state index contributed by atoms with van der Waals surface area (Å²) in [5, 5.41) is 9.12. The largest absolute Gasteiger partial charge is 0.396 e. The lowest BCUT2D eigenvalue weighted by molar-refractivity contribution is 0.102. The van der Waals surface area contributed by atoms with Crippen molar-refractivity contribution < 1.29 is 4.79 Å². The van der Waals surface area contributed by atoms with Crippen LogP contribution in [0, 0.1) is 0 Å². The minimum atomic E-state index is -0.376. The fourth-order valence-electron chi connectivity index (χ4n) is 1.12. The molecule has 2 rings (SSSR count). The molecule has 2 aromatic rings. The highest BCUT2D eigenvalue weighted by atomic mass is 35.5. The topological polar surface area (TPSA) is 96.7 Å². The summed E-state index contributed by atoms with van der Waals surface area (Å²) in [6.07, 6.45) is 2.82. The first-order chi connectivity index (χ1) is 7.66. The Balaban J connectivity index is 2.14. The maximum Gasteiger partial charge on any atom is 0.275 e. The number of hydrogen-bond acceptors (Lipinski definition) is 4. The Morgan fingerprint density at radius 3 is 2.81 bits per heavy atom. The van der Waals surface area contributed by atoms with Gasteiger partial charge in [-0.05, 0) is 12.1 Å². The number of rotatable bonds is 2. The van der Waals surface area contributed by atoms with Crippen molar-refractivity contribution in [3.8, 4) is 0 Å². The highest BCUT2D eigenvalue weighted by Crippen LogP contribution is 2.12. The summed E-state index contributed by atoms with van der Waals surface area (Å²) < 4.78 is 0. The van der Waals surface area contributed by atoms with Crippen molar-refractivity contribution >= 4 is 28.9 Å². The molecule has 0 unspecified atom stereocenters. The molecule has 6 nitrogen and oxygen atoms in total. The second kappa shape index (κ2) is 4.19. The molecular formula is C9H8ClN5O. The minimum Gasteiger partial charge on any atom is -0.396 e. The first-order valence-electron chi connectivity index (χ1n) is 4.38. The molecule has 16 heavy (non-hydrogen) atoms. The van der Waals surface area contributed by atoms with Crippen LogP contribution in [-0.2, 0) is 0 Å². The third-order valence-electron chi connectivity index (χ3n) is 1.88. The number of amides is 1. The average Bonchev–Trinajstić information content (AvgIpc) is 2.68. The van der Waals surface area contributed by atoms with Gasteiger partial charge in [-0.15, -0.1) is 0 Å². The van der Waals surface area contributed by atoms with Crippen molar-refractivity contribution in [2.24, 2.45) is 0 Å². The Morgan fingerprint density at radius 1 is 1.44 bits per heavy atom. The molecule has 82 valence electrons. The van der Waals surface area contributed by atoms with Gasteiger partial charge in [0.25, 0.3) is 5.91 Å². The highest BCUT2D eigenvalue weighted by molar-refractivity contribution is 6.29. The first-order valence-corrected chi connectivity index (χ1v) is 4.76. The Hall–Kier alpha value is -2.08. The van der Waals surface area contributed by atoms with Crippen molar-refractivity contribution in [1.82, 2.24) is 15.2 Å². The number of carbonyl (C=O) groups excluding carboxylic acids is 1. The molecule has 0 spiro atoms. The molecule has 0 aliphatic heterocycles. The number of nitrogens with one attached hydrogen (secondary N) is 2. The van der Waals surface area contributed by atoms with Gasteiger partial charge in [0.05, 0.1) is 23.8 Å². The molecule has 0 saturated carbocycles. The van der Waals surface area contributed by atoms with Gasteiger partial charge in [0.15, 0.2) is 0 Å². The summed E-state index contributed by atoms with van der Waals surface area (Å²) in [4.78, 5) is 15.5. The molecular weight excluding hydrogens is 230 g/mol. The maximum atomic E-state index is 11.7. The Morgan fingerprint density at radius 2 is 2.25 bits per heavy atom. The third kappa shape index (κ3) is 2.12. The van der Waals surface area contributed by atoms with E-state index in [-0.39, 0.29) is 11.6 Å². The molecule has 7 heteroatoms. The van der Waals surface area contributed by atoms with Crippen molar-refractivity contribution in [3.63, 3.8) is 0 Å². The van der Waals surface area contributed by atoms with Crippen molar-refractivity contribution in [2.45, 2.75) is 0 Å². The number of carbonyl (C=O) groups is 1. The molecule has 0 aliphatic rings. The van der Waals surface area contributed by atoms with Crippen molar-refractivity contribution in [1.29, 1.82) is 0 Å². The van der Waals surface area contributed by atoms with Gasteiger partial charge in [0.1, 0.15) is 10.8 Å². The monoisotopic (exact) mass is 237 g/mol. The zero-order valence-electron chi connectivity index (χ0n) is 8.07. The quantitative estimate of drug-likeness (QED) is 0.686. The number of H-pyrrole nitrogens is 1. The van der Waals surface area contributed by atoms with E-state index in [0.29, 0.717) is 16.5 Å². The first kappa shape index (κ1) is 10.4. The number of aromatic amines is 1. The number of hydrogen-bond donors (Lipinski definition) is 3. The summed E-state index contributed by atoms with van der Waals surface area (Å²) in [6.45, 7) is 0. The molecule has 0 aromatic carbocycles.